The second kappa shape index (κ2) is 11.3. The highest BCUT2D eigenvalue weighted by atomic mass is 79.9. The van der Waals surface area contributed by atoms with Gasteiger partial charge in [0.05, 0.1) is 3.39 Å². The quantitative estimate of drug-likeness (QED) is 0.326. The van der Waals surface area contributed by atoms with Crippen LogP contribution in [0.2, 0.25) is 0 Å². The van der Waals surface area contributed by atoms with Crippen LogP contribution < -0.4 is 0 Å². The molecule has 2 aliphatic rings. The van der Waals surface area contributed by atoms with Crippen LogP contribution in [-0.4, -0.2) is 0 Å². The molecule has 134 valence electrons. The van der Waals surface area contributed by atoms with Crippen LogP contribution in [0.5, 0.6) is 0 Å². The predicted octanol–water partition coefficient (Wildman–Crippen LogP) is 8.59. The van der Waals surface area contributed by atoms with Gasteiger partial charge in [-0.15, -0.1) is 0 Å². The lowest BCUT2D eigenvalue weighted by Crippen LogP contribution is -2.17. The number of hydrogen-bond donors (Lipinski definition) is 0. The minimum atomic E-state index is 0.804. The van der Waals surface area contributed by atoms with Gasteiger partial charge in [0.1, 0.15) is 0 Å². The van der Waals surface area contributed by atoms with Crippen molar-refractivity contribution in [3.8, 4) is 0 Å². The lowest BCUT2D eigenvalue weighted by atomic mass is 9.75. The van der Waals surface area contributed by atoms with Crippen LogP contribution in [0.1, 0.15) is 96.8 Å². The van der Waals surface area contributed by atoms with E-state index in [4.69, 9.17) is 0 Å². The minimum absolute atomic E-state index is 0.804. The van der Waals surface area contributed by atoms with E-state index in [2.05, 4.69) is 44.9 Å². The molecule has 0 saturated heterocycles. The van der Waals surface area contributed by atoms with Crippen molar-refractivity contribution >= 4 is 31.9 Å². The first-order valence-electron chi connectivity index (χ1n) is 10.2. The Morgan fingerprint density at radius 1 is 0.739 bits per heavy atom. The maximum Gasteiger partial charge on any atom is 0.0567 e. The standard InChI is InChI=1S/C21H36Br2/c1-2-3-4-5-17-6-8-18(9-7-17)10-11-19-12-14-20(15-13-19)16-21(22)23/h16-20H,2-15H2,1H3. The molecule has 0 nitrogen and oxygen atoms in total. The van der Waals surface area contributed by atoms with Crippen LogP contribution in [0.4, 0.5) is 0 Å². The summed E-state index contributed by atoms with van der Waals surface area (Å²) in [5.41, 5.74) is 0. The number of halogens is 2. The van der Waals surface area contributed by atoms with Crippen molar-refractivity contribution in [2.24, 2.45) is 23.7 Å². The Balaban J connectivity index is 1.55. The van der Waals surface area contributed by atoms with E-state index in [1.54, 1.807) is 0 Å². The Morgan fingerprint density at radius 2 is 1.22 bits per heavy atom. The monoisotopic (exact) mass is 446 g/mol. The molecule has 0 unspecified atom stereocenters. The molecular weight excluding hydrogens is 412 g/mol. The number of rotatable bonds is 8. The Kier molecular flexibility index (Phi) is 9.87. The highest BCUT2D eigenvalue weighted by Crippen LogP contribution is 2.38. The molecule has 2 saturated carbocycles. The minimum Gasteiger partial charge on any atom is -0.0654 e. The zero-order valence-corrected chi connectivity index (χ0v) is 18.2. The molecule has 0 radical (unpaired) electrons. The molecule has 0 amide bonds. The zero-order valence-electron chi connectivity index (χ0n) is 15.0. The zero-order chi connectivity index (χ0) is 16.5. The van der Waals surface area contributed by atoms with Gasteiger partial charge in [-0.2, -0.15) is 0 Å². The normalized spacial score (nSPS) is 31.8. The number of unbranched alkanes of at least 4 members (excludes halogenated alkanes) is 2. The van der Waals surface area contributed by atoms with E-state index in [0.717, 1.165) is 27.1 Å². The number of hydrogen-bond acceptors (Lipinski definition) is 0. The van der Waals surface area contributed by atoms with Crippen molar-refractivity contribution in [3.05, 3.63) is 9.47 Å². The summed E-state index contributed by atoms with van der Waals surface area (Å²) >= 11 is 7.02. The molecule has 2 fully saturated rings. The first kappa shape index (κ1) is 20.0. The smallest absolute Gasteiger partial charge is 0.0567 e. The fourth-order valence-corrected chi connectivity index (χ4v) is 5.53. The van der Waals surface area contributed by atoms with E-state index in [-0.39, 0.29) is 0 Å². The summed E-state index contributed by atoms with van der Waals surface area (Å²) in [4.78, 5) is 0. The molecular formula is C21H36Br2. The van der Waals surface area contributed by atoms with Gasteiger partial charge in [-0.1, -0.05) is 77.2 Å². The molecule has 0 aliphatic heterocycles. The van der Waals surface area contributed by atoms with E-state index >= 15 is 0 Å². The second-order valence-electron chi connectivity index (χ2n) is 8.20. The van der Waals surface area contributed by atoms with Gasteiger partial charge in [0.2, 0.25) is 0 Å². The summed E-state index contributed by atoms with van der Waals surface area (Å²) in [6.07, 6.45) is 23.1. The van der Waals surface area contributed by atoms with Crippen molar-refractivity contribution in [1.82, 2.24) is 0 Å². The van der Waals surface area contributed by atoms with E-state index in [0.29, 0.717) is 0 Å². The molecule has 0 aromatic carbocycles. The van der Waals surface area contributed by atoms with Gasteiger partial charge in [-0.3, -0.25) is 0 Å². The molecule has 0 atom stereocenters. The Bertz CT molecular complexity index is 330. The molecule has 0 aromatic rings. The first-order valence-corrected chi connectivity index (χ1v) is 11.8. The molecule has 0 spiro atoms. The summed E-state index contributed by atoms with van der Waals surface area (Å²) in [5.74, 6) is 3.96. The van der Waals surface area contributed by atoms with E-state index in [1.807, 2.05) is 0 Å². The van der Waals surface area contributed by atoms with E-state index in [9.17, 15) is 0 Å². The van der Waals surface area contributed by atoms with Gasteiger partial charge in [0, 0.05) is 0 Å². The Morgan fingerprint density at radius 3 is 1.70 bits per heavy atom. The van der Waals surface area contributed by atoms with Crippen LogP contribution in [0, 0.1) is 23.7 Å². The van der Waals surface area contributed by atoms with Crippen LogP contribution in [0.3, 0.4) is 0 Å². The molecule has 0 bridgehead atoms. The van der Waals surface area contributed by atoms with Gasteiger partial charge in [0.15, 0.2) is 0 Å². The van der Waals surface area contributed by atoms with Crippen LogP contribution in [-0.2, 0) is 0 Å². The maximum atomic E-state index is 3.51. The Hall–Kier alpha value is 0.700. The highest BCUT2D eigenvalue weighted by molar-refractivity contribution is 9.28. The van der Waals surface area contributed by atoms with Crippen molar-refractivity contribution in [2.45, 2.75) is 96.8 Å². The average Bonchev–Trinajstić information content (AvgIpc) is 2.55. The van der Waals surface area contributed by atoms with Gasteiger partial charge in [-0.05, 0) is 81.2 Å². The average molecular weight is 448 g/mol. The fraction of sp³-hybridized carbons (Fsp3) is 0.905. The lowest BCUT2D eigenvalue weighted by Gasteiger charge is -2.31. The summed E-state index contributed by atoms with van der Waals surface area (Å²) in [6.45, 7) is 2.32. The highest BCUT2D eigenvalue weighted by Gasteiger charge is 2.24. The van der Waals surface area contributed by atoms with Crippen molar-refractivity contribution in [3.63, 3.8) is 0 Å². The van der Waals surface area contributed by atoms with Crippen LogP contribution in [0.15, 0.2) is 9.47 Å². The third-order valence-corrected chi connectivity index (χ3v) is 6.95. The second-order valence-corrected chi connectivity index (χ2v) is 11.0. The lowest BCUT2D eigenvalue weighted by molar-refractivity contribution is 0.219. The van der Waals surface area contributed by atoms with Crippen molar-refractivity contribution in [1.29, 1.82) is 0 Å². The summed E-state index contributed by atoms with van der Waals surface area (Å²) in [7, 11) is 0. The van der Waals surface area contributed by atoms with Gasteiger partial charge < -0.3 is 0 Å². The van der Waals surface area contributed by atoms with Crippen LogP contribution >= 0.6 is 31.9 Å². The predicted molar refractivity (Wildman–Crippen MR) is 110 cm³/mol. The third kappa shape index (κ3) is 8.08. The van der Waals surface area contributed by atoms with Crippen LogP contribution in [0.25, 0.3) is 0 Å². The van der Waals surface area contributed by atoms with E-state index in [1.165, 1.54) is 89.9 Å². The van der Waals surface area contributed by atoms with Gasteiger partial charge in [0.25, 0.3) is 0 Å². The SMILES string of the molecule is CCCCCC1CCC(CCC2CCC(C=C(Br)Br)CC2)CC1. The van der Waals surface area contributed by atoms with E-state index < -0.39 is 0 Å². The van der Waals surface area contributed by atoms with Crippen molar-refractivity contribution < 1.29 is 0 Å². The summed E-state index contributed by atoms with van der Waals surface area (Å²) in [6, 6.07) is 0. The molecule has 0 heterocycles. The first-order chi connectivity index (χ1) is 11.2. The Labute approximate surface area is 161 Å². The van der Waals surface area contributed by atoms with Gasteiger partial charge >= 0.3 is 0 Å². The fourth-order valence-electron chi connectivity index (χ4n) is 4.78. The molecule has 0 N–H and O–H groups in total. The van der Waals surface area contributed by atoms with Crippen molar-refractivity contribution in [2.75, 3.05) is 0 Å². The molecule has 2 heteroatoms. The molecule has 23 heavy (non-hydrogen) atoms. The maximum absolute atomic E-state index is 3.51. The molecule has 2 rings (SSSR count). The van der Waals surface area contributed by atoms with Gasteiger partial charge in [-0.25, -0.2) is 0 Å². The molecule has 2 aliphatic carbocycles. The molecule has 0 aromatic heterocycles. The topological polar surface area (TPSA) is 0 Å². The summed E-state index contributed by atoms with van der Waals surface area (Å²) < 4.78 is 1.14. The largest absolute Gasteiger partial charge is 0.0654 e. The number of allylic oxidation sites excluding steroid dienone is 1. The summed E-state index contributed by atoms with van der Waals surface area (Å²) in [5, 5.41) is 0. The third-order valence-electron chi connectivity index (χ3n) is 6.42.